The zero-order chi connectivity index (χ0) is 25.5. The van der Waals surface area contributed by atoms with E-state index in [1.165, 1.54) is 18.2 Å². The largest absolute Gasteiger partial charge is 0.493 e. The predicted octanol–water partition coefficient (Wildman–Crippen LogP) is 5.22. The number of rotatable bonds is 9. The zero-order valence-electron chi connectivity index (χ0n) is 19.7. The van der Waals surface area contributed by atoms with Crippen molar-refractivity contribution in [3.63, 3.8) is 0 Å². The van der Waals surface area contributed by atoms with E-state index < -0.39 is 10.9 Å². The first-order valence-electron chi connectivity index (χ1n) is 10.9. The lowest BCUT2D eigenvalue weighted by Crippen LogP contribution is -2.00. The average Bonchev–Trinajstić information content (AvgIpc) is 3.35. The number of aromatic nitrogens is 2. The average molecular weight is 485 g/mol. The molecule has 9 heteroatoms. The van der Waals surface area contributed by atoms with Crippen molar-refractivity contribution in [3.05, 3.63) is 106 Å². The second kappa shape index (κ2) is 11.0. The van der Waals surface area contributed by atoms with E-state index in [1.807, 2.05) is 48.7 Å². The number of ether oxygens (including phenoxy) is 3. The number of nitrogens with zero attached hydrogens (tertiary/aromatic N) is 3. The Hall–Kier alpha value is -4.92. The van der Waals surface area contributed by atoms with Crippen LogP contribution < -0.4 is 9.47 Å². The highest BCUT2D eigenvalue weighted by atomic mass is 16.6. The number of carbonyl (C=O) groups is 1. The fraction of sp³-hybridized carbons (Fsp3) is 0.111. The number of hydrogen-bond donors (Lipinski definition) is 0. The third kappa shape index (κ3) is 5.58. The topological polar surface area (TPSA) is 106 Å². The smallest absolute Gasteiger partial charge is 0.331 e. The van der Waals surface area contributed by atoms with Gasteiger partial charge in [-0.1, -0.05) is 18.2 Å². The van der Waals surface area contributed by atoms with Gasteiger partial charge < -0.3 is 14.2 Å². The number of nitro groups is 1. The van der Waals surface area contributed by atoms with E-state index in [2.05, 4.69) is 0 Å². The van der Waals surface area contributed by atoms with Crippen LogP contribution in [0.4, 0.5) is 5.69 Å². The molecule has 1 heterocycles. The minimum absolute atomic E-state index is 0.00696. The summed E-state index contributed by atoms with van der Waals surface area (Å²) in [5, 5.41) is 15.5. The molecule has 9 nitrogen and oxygen atoms in total. The molecule has 0 aliphatic rings. The molecule has 0 spiro atoms. The zero-order valence-corrected chi connectivity index (χ0v) is 19.7. The first-order chi connectivity index (χ1) is 17.5. The molecule has 182 valence electrons. The molecule has 1 aromatic heterocycles. The summed E-state index contributed by atoms with van der Waals surface area (Å²) in [5.74, 6) is 0.594. The van der Waals surface area contributed by atoms with Crippen LogP contribution in [0, 0.1) is 10.1 Å². The van der Waals surface area contributed by atoms with Crippen molar-refractivity contribution in [2.45, 2.75) is 6.61 Å². The summed E-state index contributed by atoms with van der Waals surface area (Å²) in [6.45, 7) is -0.00696. The number of hydrogen-bond acceptors (Lipinski definition) is 7. The molecular formula is C27H23N3O6. The maximum absolute atomic E-state index is 12.4. The minimum atomic E-state index is -0.556. The Labute approximate surface area is 207 Å². The predicted molar refractivity (Wildman–Crippen MR) is 134 cm³/mol. The summed E-state index contributed by atoms with van der Waals surface area (Å²) in [5.41, 5.74) is 3.59. The van der Waals surface area contributed by atoms with Gasteiger partial charge in [0.2, 0.25) is 0 Å². The molecule has 0 N–H and O–H groups in total. The van der Waals surface area contributed by atoms with Gasteiger partial charge in [0, 0.05) is 35.5 Å². The van der Waals surface area contributed by atoms with Gasteiger partial charge in [-0.05, 0) is 54.1 Å². The molecular weight excluding hydrogens is 462 g/mol. The van der Waals surface area contributed by atoms with Gasteiger partial charge in [0.1, 0.15) is 12.3 Å². The lowest BCUT2D eigenvalue weighted by Gasteiger charge is -2.09. The molecule has 4 aromatic rings. The van der Waals surface area contributed by atoms with Crippen LogP contribution in [0.15, 0.2) is 85.1 Å². The third-order valence-corrected chi connectivity index (χ3v) is 5.35. The van der Waals surface area contributed by atoms with Crippen molar-refractivity contribution in [1.29, 1.82) is 0 Å². The standard InChI is InChI=1S/C27H23N3O6/c1-34-24-14-10-20(16-25(24)35-2)27-21(17-29(28-27)22-6-4-3-5-7-22)11-15-26(31)36-18-19-8-12-23(13-9-19)30(32)33/h3-17H,18H2,1-2H3/b15-11+. The quantitative estimate of drug-likeness (QED) is 0.138. The van der Waals surface area contributed by atoms with Crippen LogP contribution in [0.2, 0.25) is 0 Å². The first-order valence-corrected chi connectivity index (χ1v) is 10.9. The Morgan fingerprint density at radius 3 is 2.39 bits per heavy atom. The number of carbonyl (C=O) groups excluding carboxylic acids is 1. The Bertz CT molecular complexity index is 1400. The highest BCUT2D eigenvalue weighted by molar-refractivity contribution is 5.88. The SMILES string of the molecule is COc1ccc(-c2nn(-c3ccccc3)cc2/C=C/C(=O)OCc2ccc([N+](=O)[O-])cc2)cc1OC. The number of esters is 1. The normalized spacial score (nSPS) is 10.8. The van der Waals surface area contributed by atoms with Gasteiger partial charge in [-0.25, -0.2) is 9.48 Å². The molecule has 0 bridgehead atoms. The molecule has 0 aliphatic heterocycles. The van der Waals surface area contributed by atoms with Crippen molar-refractivity contribution >= 4 is 17.7 Å². The maximum atomic E-state index is 12.4. The molecule has 0 unspecified atom stereocenters. The van der Waals surface area contributed by atoms with Crippen molar-refractivity contribution in [2.75, 3.05) is 14.2 Å². The monoisotopic (exact) mass is 485 g/mol. The van der Waals surface area contributed by atoms with E-state index in [1.54, 1.807) is 43.2 Å². The van der Waals surface area contributed by atoms with Gasteiger partial charge in [0.15, 0.2) is 11.5 Å². The Morgan fingerprint density at radius 2 is 1.72 bits per heavy atom. The Balaban J connectivity index is 1.58. The number of non-ortho nitro benzene ring substituents is 1. The molecule has 0 saturated heterocycles. The summed E-state index contributed by atoms with van der Waals surface area (Å²) in [7, 11) is 3.13. The molecule has 0 aliphatic carbocycles. The number of nitro benzene ring substituents is 1. The molecule has 0 fully saturated rings. The van der Waals surface area contributed by atoms with E-state index in [-0.39, 0.29) is 12.3 Å². The van der Waals surface area contributed by atoms with Crippen LogP contribution in [-0.2, 0) is 16.1 Å². The fourth-order valence-corrected chi connectivity index (χ4v) is 3.50. The molecule has 0 amide bonds. The van der Waals surface area contributed by atoms with Crippen molar-refractivity contribution in [2.24, 2.45) is 0 Å². The van der Waals surface area contributed by atoms with Crippen LogP contribution in [0.1, 0.15) is 11.1 Å². The van der Waals surface area contributed by atoms with E-state index in [4.69, 9.17) is 19.3 Å². The van der Waals surface area contributed by atoms with Gasteiger partial charge in [0.05, 0.1) is 24.8 Å². The van der Waals surface area contributed by atoms with Gasteiger partial charge in [-0.2, -0.15) is 5.10 Å². The highest BCUT2D eigenvalue weighted by Crippen LogP contribution is 2.33. The number of methoxy groups -OCH3 is 2. The minimum Gasteiger partial charge on any atom is -0.493 e. The summed E-state index contributed by atoms with van der Waals surface area (Å²) >= 11 is 0. The van der Waals surface area contributed by atoms with Gasteiger partial charge in [-0.3, -0.25) is 10.1 Å². The van der Waals surface area contributed by atoms with Crippen molar-refractivity contribution in [3.8, 4) is 28.4 Å². The lowest BCUT2D eigenvalue weighted by atomic mass is 10.1. The van der Waals surface area contributed by atoms with Crippen LogP contribution >= 0.6 is 0 Å². The van der Waals surface area contributed by atoms with Crippen LogP contribution in [-0.4, -0.2) is 34.9 Å². The summed E-state index contributed by atoms with van der Waals surface area (Å²) in [6, 6.07) is 20.9. The molecule has 4 rings (SSSR count). The van der Waals surface area contributed by atoms with E-state index in [0.717, 1.165) is 11.3 Å². The van der Waals surface area contributed by atoms with Gasteiger partial charge in [0.25, 0.3) is 5.69 Å². The molecule has 36 heavy (non-hydrogen) atoms. The maximum Gasteiger partial charge on any atom is 0.331 e. The van der Waals surface area contributed by atoms with Crippen LogP contribution in [0.25, 0.3) is 23.0 Å². The van der Waals surface area contributed by atoms with E-state index in [9.17, 15) is 14.9 Å². The summed E-state index contributed by atoms with van der Waals surface area (Å²) < 4.78 is 17.8. The molecule has 0 atom stereocenters. The third-order valence-electron chi connectivity index (χ3n) is 5.35. The van der Waals surface area contributed by atoms with Crippen LogP contribution in [0.3, 0.4) is 0 Å². The number of benzene rings is 3. The summed E-state index contributed by atoms with van der Waals surface area (Å²) in [4.78, 5) is 22.7. The first kappa shape index (κ1) is 24.2. The van der Waals surface area contributed by atoms with Crippen molar-refractivity contribution in [1.82, 2.24) is 9.78 Å². The second-order valence-electron chi connectivity index (χ2n) is 7.65. The summed E-state index contributed by atoms with van der Waals surface area (Å²) in [6.07, 6.45) is 4.78. The van der Waals surface area contributed by atoms with E-state index in [0.29, 0.717) is 28.3 Å². The van der Waals surface area contributed by atoms with Crippen LogP contribution in [0.5, 0.6) is 11.5 Å². The Kier molecular flexibility index (Phi) is 7.40. The second-order valence-corrected chi connectivity index (χ2v) is 7.65. The van der Waals surface area contributed by atoms with Crippen molar-refractivity contribution < 1.29 is 23.9 Å². The molecule has 0 saturated carbocycles. The van der Waals surface area contributed by atoms with Gasteiger partial charge >= 0.3 is 5.97 Å². The fourth-order valence-electron chi connectivity index (χ4n) is 3.50. The van der Waals surface area contributed by atoms with Gasteiger partial charge in [-0.15, -0.1) is 0 Å². The van der Waals surface area contributed by atoms with E-state index >= 15 is 0 Å². The molecule has 3 aromatic carbocycles. The molecule has 0 radical (unpaired) electrons. The lowest BCUT2D eigenvalue weighted by molar-refractivity contribution is -0.384. The highest BCUT2D eigenvalue weighted by Gasteiger charge is 2.14. The number of para-hydroxylation sites is 1. The Morgan fingerprint density at radius 1 is 1.00 bits per heavy atom.